The van der Waals surface area contributed by atoms with E-state index < -0.39 is 12.1 Å². The Hall–Kier alpha value is -3.12. The summed E-state index contributed by atoms with van der Waals surface area (Å²) in [4.78, 5) is 12.3. The molecule has 0 saturated heterocycles. The van der Waals surface area contributed by atoms with Crippen molar-refractivity contribution in [2.75, 3.05) is 5.32 Å². The van der Waals surface area contributed by atoms with Gasteiger partial charge in [0.15, 0.2) is 0 Å². The van der Waals surface area contributed by atoms with Crippen molar-refractivity contribution in [3.63, 3.8) is 0 Å². The van der Waals surface area contributed by atoms with Gasteiger partial charge in [0, 0.05) is 6.42 Å². The van der Waals surface area contributed by atoms with Crippen LogP contribution in [0.2, 0.25) is 0 Å². The lowest BCUT2D eigenvalue weighted by molar-refractivity contribution is 0.144. The van der Waals surface area contributed by atoms with Crippen LogP contribution in [0.3, 0.4) is 0 Å². The SMILES string of the molecule is O=C(Nc1cnn(-c2ccccc2)c1)N[C@H]1c2ccccc2C[C@H]1O. The van der Waals surface area contributed by atoms with Gasteiger partial charge in [-0.3, -0.25) is 0 Å². The number of aliphatic hydroxyl groups excluding tert-OH is 1. The van der Waals surface area contributed by atoms with Gasteiger partial charge in [-0.05, 0) is 23.3 Å². The molecule has 1 aliphatic carbocycles. The predicted octanol–water partition coefficient (Wildman–Crippen LogP) is 2.65. The number of carbonyl (C=O) groups is 1. The number of benzene rings is 2. The van der Waals surface area contributed by atoms with Crippen LogP contribution in [0.15, 0.2) is 67.0 Å². The van der Waals surface area contributed by atoms with Crippen molar-refractivity contribution in [1.29, 1.82) is 0 Å². The molecule has 2 amide bonds. The van der Waals surface area contributed by atoms with Gasteiger partial charge >= 0.3 is 6.03 Å². The highest BCUT2D eigenvalue weighted by molar-refractivity contribution is 5.89. The van der Waals surface area contributed by atoms with E-state index in [4.69, 9.17) is 0 Å². The Balaban J connectivity index is 1.44. The highest BCUT2D eigenvalue weighted by Crippen LogP contribution is 2.31. The summed E-state index contributed by atoms with van der Waals surface area (Å²) in [6, 6.07) is 16.6. The van der Waals surface area contributed by atoms with Crippen LogP contribution in [0.1, 0.15) is 17.2 Å². The number of carbonyl (C=O) groups excluding carboxylic acids is 1. The molecule has 2 aromatic carbocycles. The lowest BCUT2D eigenvalue weighted by Crippen LogP contribution is -2.36. The number of hydrogen-bond acceptors (Lipinski definition) is 3. The number of nitrogens with zero attached hydrogens (tertiary/aromatic N) is 2. The molecule has 0 fully saturated rings. The minimum absolute atomic E-state index is 0.367. The summed E-state index contributed by atoms with van der Waals surface area (Å²) < 4.78 is 1.69. The van der Waals surface area contributed by atoms with E-state index in [1.54, 1.807) is 17.1 Å². The van der Waals surface area contributed by atoms with E-state index in [0.717, 1.165) is 16.8 Å². The second kappa shape index (κ2) is 6.41. The van der Waals surface area contributed by atoms with Gasteiger partial charge in [0.25, 0.3) is 0 Å². The molecule has 1 aromatic heterocycles. The fourth-order valence-electron chi connectivity index (χ4n) is 3.17. The lowest BCUT2D eigenvalue weighted by atomic mass is 10.1. The molecule has 1 heterocycles. The zero-order valence-electron chi connectivity index (χ0n) is 13.5. The molecule has 6 nitrogen and oxygen atoms in total. The largest absolute Gasteiger partial charge is 0.390 e. The third-order valence-corrected chi connectivity index (χ3v) is 4.35. The van der Waals surface area contributed by atoms with Crippen LogP contribution in [0.25, 0.3) is 5.69 Å². The van der Waals surface area contributed by atoms with Gasteiger partial charge in [0.2, 0.25) is 0 Å². The average molecular weight is 334 g/mol. The van der Waals surface area contributed by atoms with Crippen molar-refractivity contribution in [2.45, 2.75) is 18.6 Å². The van der Waals surface area contributed by atoms with Crippen molar-refractivity contribution in [3.8, 4) is 5.69 Å². The summed E-state index contributed by atoms with van der Waals surface area (Å²) in [5.41, 5.74) is 3.53. The van der Waals surface area contributed by atoms with E-state index in [9.17, 15) is 9.90 Å². The monoisotopic (exact) mass is 334 g/mol. The Morgan fingerprint density at radius 1 is 1.12 bits per heavy atom. The maximum absolute atomic E-state index is 12.3. The maximum Gasteiger partial charge on any atom is 0.319 e. The molecule has 3 N–H and O–H groups in total. The van der Waals surface area contributed by atoms with Crippen LogP contribution in [0, 0.1) is 0 Å². The van der Waals surface area contributed by atoms with Gasteiger partial charge in [-0.2, -0.15) is 5.10 Å². The number of amides is 2. The topological polar surface area (TPSA) is 79.2 Å². The summed E-state index contributed by atoms with van der Waals surface area (Å²) in [6.45, 7) is 0. The van der Waals surface area contributed by atoms with E-state index >= 15 is 0 Å². The van der Waals surface area contributed by atoms with Gasteiger partial charge in [-0.15, -0.1) is 0 Å². The molecule has 3 aromatic rings. The number of aromatic nitrogens is 2. The molecule has 0 saturated carbocycles. The molecule has 126 valence electrons. The van der Waals surface area contributed by atoms with Crippen LogP contribution in [0.5, 0.6) is 0 Å². The molecule has 6 heteroatoms. The fraction of sp³-hybridized carbons (Fsp3) is 0.158. The first-order valence-electron chi connectivity index (χ1n) is 8.14. The Labute approximate surface area is 145 Å². The summed E-state index contributed by atoms with van der Waals surface area (Å²) in [5.74, 6) is 0. The van der Waals surface area contributed by atoms with Gasteiger partial charge < -0.3 is 15.7 Å². The van der Waals surface area contributed by atoms with Crippen LogP contribution in [-0.2, 0) is 6.42 Å². The molecule has 0 spiro atoms. The Bertz CT molecular complexity index is 891. The summed E-state index contributed by atoms with van der Waals surface area (Å²) in [5, 5.41) is 20.1. The molecular formula is C19H18N4O2. The number of anilines is 1. The number of aliphatic hydroxyl groups is 1. The zero-order valence-corrected chi connectivity index (χ0v) is 13.5. The Morgan fingerprint density at radius 2 is 1.88 bits per heavy atom. The van der Waals surface area contributed by atoms with Crippen LogP contribution < -0.4 is 10.6 Å². The van der Waals surface area contributed by atoms with E-state index in [0.29, 0.717) is 12.1 Å². The normalized spacial score (nSPS) is 18.6. The van der Waals surface area contributed by atoms with E-state index in [-0.39, 0.29) is 6.03 Å². The molecule has 25 heavy (non-hydrogen) atoms. The molecule has 0 radical (unpaired) electrons. The minimum Gasteiger partial charge on any atom is -0.390 e. The molecular weight excluding hydrogens is 316 g/mol. The molecule has 0 unspecified atom stereocenters. The van der Waals surface area contributed by atoms with Gasteiger partial charge in [0.1, 0.15) is 0 Å². The fourth-order valence-corrected chi connectivity index (χ4v) is 3.17. The van der Waals surface area contributed by atoms with Crippen molar-refractivity contribution >= 4 is 11.7 Å². The first kappa shape index (κ1) is 15.4. The van der Waals surface area contributed by atoms with Gasteiger partial charge in [0.05, 0.1) is 35.9 Å². The van der Waals surface area contributed by atoms with Gasteiger partial charge in [-0.1, -0.05) is 42.5 Å². The number of urea groups is 1. The maximum atomic E-state index is 12.3. The van der Waals surface area contributed by atoms with Crippen LogP contribution in [-0.4, -0.2) is 27.0 Å². The molecule has 1 aliphatic rings. The third kappa shape index (κ3) is 3.12. The second-order valence-electron chi connectivity index (χ2n) is 6.06. The quantitative estimate of drug-likeness (QED) is 0.689. The zero-order chi connectivity index (χ0) is 17.2. The number of fused-ring (bicyclic) bond motifs is 1. The van der Waals surface area contributed by atoms with Crippen molar-refractivity contribution in [1.82, 2.24) is 15.1 Å². The molecule has 4 rings (SSSR count). The lowest BCUT2D eigenvalue weighted by Gasteiger charge is -2.18. The van der Waals surface area contributed by atoms with Crippen LogP contribution in [0.4, 0.5) is 10.5 Å². The highest BCUT2D eigenvalue weighted by Gasteiger charge is 2.31. The number of rotatable bonds is 3. The average Bonchev–Trinajstić information content (AvgIpc) is 3.21. The Kier molecular flexibility index (Phi) is 3.95. The predicted molar refractivity (Wildman–Crippen MR) is 94.6 cm³/mol. The third-order valence-electron chi connectivity index (χ3n) is 4.35. The van der Waals surface area contributed by atoms with Crippen LogP contribution >= 0.6 is 0 Å². The van der Waals surface area contributed by atoms with E-state index in [1.165, 1.54) is 0 Å². The number of hydrogen-bond donors (Lipinski definition) is 3. The summed E-state index contributed by atoms with van der Waals surface area (Å²) >= 11 is 0. The first-order valence-corrected chi connectivity index (χ1v) is 8.14. The minimum atomic E-state index is -0.616. The number of para-hydroxylation sites is 1. The summed E-state index contributed by atoms with van der Waals surface area (Å²) in [7, 11) is 0. The van der Waals surface area contributed by atoms with E-state index in [1.807, 2.05) is 54.6 Å². The first-order chi connectivity index (χ1) is 12.2. The number of nitrogens with one attached hydrogen (secondary N) is 2. The smallest absolute Gasteiger partial charge is 0.319 e. The van der Waals surface area contributed by atoms with Crippen molar-refractivity contribution < 1.29 is 9.90 Å². The molecule has 0 aliphatic heterocycles. The highest BCUT2D eigenvalue weighted by atomic mass is 16.3. The second-order valence-corrected chi connectivity index (χ2v) is 6.06. The van der Waals surface area contributed by atoms with Crippen molar-refractivity contribution in [3.05, 3.63) is 78.1 Å². The summed E-state index contributed by atoms with van der Waals surface area (Å²) in [6.07, 6.45) is 3.27. The van der Waals surface area contributed by atoms with E-state index in [2.05, 4.69) is 15.7 Å². The van der Waals surface area contributed by atoms with Crippen molar-refractivity contribution in [2.24, 2.45) is 0 Å². The molecule has 0 bridgehead atoms. The van der Waals surface area contributed by atoms with Gasteiger partial charge in [-0.25, -0.2) is 9.48 Å². The standard InChI is InChI=1S/C19H18N4O2/c24-17-10-13-6-4-5-9-16(13)18(17)22-19(25)21-14-11-20-23(12-14)15-7-2-1-3-8-15/h1-9,11-12,17-18,24H,10H2,(H2,21,22,25)/t17-,18+/m1/s1. The molecule has 2 atom stereocenters. The Morgan fingerprint density at radius 3 is 2.72 bits per heavy atom.